The monoisotopic (exact) mass is 415 g/mol. The fourth-order valence-electron chi connectivity index (χ4n) is 3.16. The predicted octanol–water partition coefficient (Wildman–Crippen LogP) is 4.00. The molecule has 30 heavy (non-hydrogen) atoms. The lowest BCUT2D eigenvalue weighted by Gasteiger charge is -2.08. The van der Waals surface area contributed by atoms with Crippen LogP contribution in [0.1, 0.15) is 5.56 Å². The Labute approximate surface area is 178 Å². The molecule has 0 fully saturated rings. The Kier molecular flexibility index (Phi) is 6.15. The maximum absolute atomic E-state index is 12.3. The standard InChI is InChI=1S/C24H21N3O2S/c28-23(17-18-8-10-20(11-9-18)19-5-2-1-3-6-19)25-14-15-27-24(29)13-12-21(26-27)22-7-4-16-30-22/h1-13,16H,14-15,17H2,(H,25,28). The van der Waals surface area contributed by atoms with Gasteiger partial charge in [-0.3, -0.25) is 9.59 Å². The Bertz CT molecular complexity index is 1170. The van der Waals surface area contributed by atoms with Gasteiger partial charge in [-0.25, -0.2) is 4.68 Å². The second kappa shape index (κ2) is 9.33. The van der Waals surface area contributed by atoms with Gasteiger partial charge in [0, 0.05) is 12.6 Å². The Morgan fingerprint density at radius 1 is 0.900 bits per heavy atom. The van der Waals surface area contributed by atoms with E-state index in [1.54, 1.807) is 17.4 Å². The number of rotatable bonds is 7. The number of hydrogen-bond donors (Lipinski definition) is 1. The highest BCUT2D eigenvalue weighted by Crippen LogP contribution is 2.21. The van der Waals surface area contributed by atoms with E-state index in [0.29, 0.717) is 19.5 Å². The summed E-state index contributed by atoms with van der Waals surface area (Å²) < 4.78 is 1.39. The van der Waals surface area contributed by atoms with Gasteiger partial charge in [-0.2, -0.15) is 5.10 Å². The SMILES string of the molecule is O=C(Cc1ccc(-c2ccccc2)cc1)NCCn1nc(-c2cccs2)ccc1=O. The average Bonchev–Trinajstić information content (AvgIpc) is 3.31. The van der Waals surface area contributed by atoms with E-state index in [-0.39, 0.29) is 11.5 Å². The third-order valence-corrected chi connectivity index (χ3v) is 5.60. The smallest absolute Gasteiger partial charge is 0.266 e. The van der Waals surface area contributed by atoms with Crippen LogP contribution in [-0.2, 0) is 17.8 Å². The summed E-state index contributed by atoms with van der Waals surface area (Å²) in [6.45, 7) is 0.679. The van der Waals surface area contributed by atoms with Crippen LogP contribution >= 0.6 is 11.3 Å². The minimum absolute atomic E-state index is 0.0788. The molecule has 2 aromatic heterocycles. The van der Waals surface area contributed by atoms with Crippen molar-refractivity contribution in [2.45, 2.75) is 13.0 Å². The number of hydrogen-bond acceptors (Lipinski definition) is 4. The first-order chi connectivity index (χ1) is 14.7. The molecule has 0 saturated heterocycles. The van der Waals surface area contributed by atoms with E-state index in [0.717, 1.165) is 27.3 Å². The zero-order valence-electron chi connectivity index (χ0n) is 16.3. The van der Waals surface area contributed by atoms with E-state index in [1.165, 1.54) is 10.7 Å². The quantitative estimate of drug-likeness (QED) is 0.496. The van der Waals surface area contributed by atoms with Gasteiger partial charge in [0.15, 0.2) is 0 Å². The third-order valence-electron chi connectivity index (χ3n) is 4.71. The molecule has 0 bridgehead atoms. The fourth-order valence-corrected chi connectivity index (χ4v) is 3.85. The van der Waals surface area contributed by atoms with Gasteiger partial charge in [0.25, 0.3) is 5.56 Å². The first kappa shape index (κ1) is 19.8. The molecule has 0 aliphatic rings. The highest BCUT2D eigenvalue weighted by molar-refractivity contribution is 7.13. The summed E-state index contributed by atoms with van der Waals surface area (Å²) >= 11 is 1.57. The first-order valence-corrected chi connectivity index (χ1v) is 10.6. The van der Waals surface area contributed by atoms with E-state index in [1.807, 2.05) is 60.0 Å². The van der Waals surface area contributed by atoms with E-state index in [4.69, 9.17) is 0 Å². The molecule has 4 aromatic rings. The van der Waals surface area contributed by atoms with E-state index in [2.05, 4.69) is 22.5 Å². The molecule has 1 N–H and O–H groups in total. The lowest BCUT2D eigenvalue weighted by molar-refractivity contribution is -0.120. The summed E-state index contributed by atoms with van der Waals surface area (Å²) in [7, 11) is 0. The lowest BCUT2D eigenvalue weighted by Crippen LogP contribution is -2.32. The van der Waals surface area contributed by atoms with Crippen molar-refractivity contribution < 1.29 is 4.79 Å². The maximum Gasteiger partial charge on any atom is 0.266 e. The van der Waals surface area contributed by atoms with Crippen LogP contribution in [-0.4, -0.2) is 22.2 Å². The third kappa shape index (κ3) is 4.90. The Balaban J connectivity index is 1.31. The average molecular weight is 416 g/mol. The van der Waals surface area contributed by atoms with Crippen molar-refractivity contribution in [1.29, 1.82) is 0 Å². The highest BCUT2D eigenvalue weighted by Gasteiger charge is 2.07. The topological polar surface area (TPSA) is 64.0 Å². The maximum atomic E-state index is 12.3. The number of carbonyl (C=O) groups excluding carboxylic acids is 1. The second-order valence-corrected chi connectivity index (χ2v) is 7.79. The number of carbonyl (C=O) groups is 1. The minimum atomic E-state index is -0.180. The summed E-state index contributed by atoms with van der Waals surface area (Å²) in [5.41, 5.74) is 3.80. The first-order valence-electron chi connectivity index (χ1n) is 9.72. The van der Waals surface area contributed by atoms with Crippen LogP contribution in [0.3, 0.4) is 0 Å². The van der Waals surface area contributed by atoms with E-state index >= 15 is 0 Å². The fraction of sp³-hybridized carbons (Fsp3) is 0.125. The highest BCUT2D eigenvalue weighted by atomic mass is 32.1. The summed E-state index contributed by atoms with van der Waals surface area (Å²) in [6, 6.07) is 25.3. The molecule has 0 atom stereocenters. The van der Waals surface area contributed by atoms with Crippen LogP contribution in [0.2, 0.25) is 0 Å². The summed E-state index contributed by atoms with van der Waals surface area (Å²) in [4.78, 5) is 25.3. The predicted molar refractivity (Wildman–Crippen MR) is 120 cm³/mol. The Morgan fingerprint density at radius 2 is 1.67 bits per heavy atom. The molecule has 0 spiro atoms. The molecule has 6 heteroatoms. The minimum Gasteiger partial charge on any atom is -0.354 e. The summed E-state index contributed by atoms with van der Waals surface area (Å²) in [6.07, 6.45) is 0.298. The van der Waals surface area contributed by atoms with Gasteiger partial charge in [0.1, 0.15) is 5.69 Å². The summed E-state index contributed by atoms with van der Waals surface area (Å²) in [5.74, 6) is -0.0788. The zero-order valence-corrected chi connectivity index (χ0v) is 17.1. The van der Waals surface area contributed by atoms with Crippen molar-refractivity contribution in [2.75, 3.05) is 6.54 Å². The van der Waals surface area contributed by atoms with Gasteiger partial charge in [0.2, 0.25) is 5.91 Å². The molecule has 5 nitrogen and oxygen atoms in total. The number of thiophene rings is 1. The van der Waals surface area contributed by atoms with Crippen LogP contribution in [0.15, 0.2) is 89.0 Å². The number of aromatic nitrogens is 2. The Hall–Kier alpha value is -3.51. The normalized spacial score (nSPS) is 10.7. The molecular weight excluding hydrogens is 394 g/mol. The largest absolute Gasteiger partial charge is 0.354 e. The molecule has 0 aliphatic heterocycles. The molecule has 2 heterocycles. The van der Waals surface area contributed by atoms with Gasteiger partial charge < -0.3 is 5.32 Å². The molecule has 0 saturated carbocycles. The van der Waals surface area contributed by atoms with Crippen molar-refractivity contribution in [2.24, 2.45) is 0 Å². The molecular formula is C24H21N3O2S. The lowest BCUT2D eigenvalue weighted by atomic mass is 10.0. The van der Waals surface area contributed by atoms with Crippen LogP contribution in [0.25, 0.3) is 21.7 Å². The molecule has 4 rings (SSSR count). The van der Waals surface area contributed by atoms with Crippen molar-refractivity contribution in [3.05, 3.63) is 100 Å². The van der Waals surface area contributed by atoms with Crippen molar-refractivity contribution in [3.8, 4) is 21.7 Å². The number of amides is 1. The van der Waals surface area contributed by atoms with E-state index in [9.17, 15) is 9.59 Å². The van der Waals surface area contributed by atoms with Gasteiger partial charge in [-0.05, 0) is 34.2 Å². The second-order valence-electron chi connectivity index (χ2n) is 6.85. The van der Waals surface area contributed by atoms with Crippen molar-refractivity contribution in [1.82, 2.24) is 15.1 Å². The number of nitrogens with one attached hydrogen (secondary N) is 1. The van der Waals surface area contributed by atoms with Crippen LogP contribution < -0.4 is 10.9 Å². The van der Waals surface area contributed by atoms with Crippen LogP contribution in [0.4, 0.5) is 0 Å². The van der Waals surface area contributed by atoms with Crippen LogP contribution in [0.5, 0.6) is 0 Å². The molecule has 0 unspecified atom stereocenters. The van der Waals surface area contributed by atoms with Gasteiger partial charge in [0.05, 0.1) is 17.8 Å². The summed E-state index contributed by atoms with van der Waals surface area (Å²) in [5, 5.41) is 9.24. The van der Waals surface area contributed by atoms with E-state index < -0.39 is 0 Å². The van der Waals surface area contributed by atoms with Crippen molar-refractivity contribution >= 4 is 17.2 Å². The molecule has 1 amide bonds. The molecule has 2 aromatic carbocycles. The molecule has 150 valence electrons. The number of nitrogens with zero attached hydrogens (tertiary/aromatic N) is 2. The zero-order chi connectivity index (χ0) is 20.8. The van der Waals surface area contributed by atoms with Crippen LogP contribution in [0, 0.1) is 0 Å². The van der Waals surface area contributed by atoms with Gasteiger partial charge >= 0.3 is 0 Å². The molecule has 0 radical (unpaired) electrons. The van der Waals surface area contributed by atoms with Gasteiger partial charge in [-0.1, -0.05) is 60.7 Å². The van der Waals surface area contributed by atoms with Gasteiger partial charge in [-0.15, -0.1) is 11.3 Å². The number of benzene rings is 2. The van der Waals surface area contributed by atoms with Crippen molar-refractivity contribution in [3.63, 3.8) is 0 Å². The Morgan fingerprint density at radius 3 is 2.40 bits per heavy atom. The molecule has 0 aliphatic carbocycles.